The molecule has 0 aromatic carbocycles. The van der Waals surface area contributed by atoms with E-state index in [4.69, 9.17) is 14.2 Å². The Labute approximate surface area is 226 Å². The van der Waals surface area contributed by atoms with Gasteiger partial charge in [0.25, 0.3) is 0 Å². The van der Waals surface area contributed by atoms with Crippen molar-refractivity contribution in [1.82, 2.24) is 10.3 Å². The van der Waals surface area contributed by atoms with E-state index in [1.165, 1.54) is 96.3 Å². The van der Waals surface area contributed by atoms with Gasteiger partial charge < -0.3 is 19.5 Å². The number of carbonyl (C=O) groups excluding carboxylic acids is 1. The molecule has 1 aliphatic heterocycles. The summed E-state index contributed by atoms with van der Waals surface area (Å²) in [6.07, 6.45) is 26.0. The van der Waals surface area contributed by atoms with Crippen molar-refractivity contribution in [2.24, 2.45) is 5.92 Å². The van der Waals surface area contributed by atoms with Gasteiger partial charge in [-0.15, -0.1) is 0 Å². The van der Waals surface area contributed by atoms with Crippen LogP contribution in [0.2, 0.25) is 0 Å². The molecule has 0 spiro atoms. The summed E-state index contributed by atoms with van der Waals surface area (Å²) < 4.78 is 17.0. The maximum absolute atomic E-state index is 11.9. The van der Waals surface area contributed by atoms with Gasteiger partial charge in [-0.3, -0.25) is 4.98 Å². The van der Waals surface area contributed by atoms with Gasteiger partial charge in [-0.1, -0.05) is 109 Å². The number of ether oxygens (including phenoxy) is 3. The van der Waals surface area contributed by atoms with Crippen molar-refractivity contribution >= 4 is 6.09 Å². The van der Waals surface area contributed by atoms with Crippen molar-refractivity contribution < 1.29 is 19.0 Å². The van der Waals surface area contributed by atoms with Gasteiger partial charge in [0.2, 0.25) is 0 Å². The topological polar surface area (TPSA) is 69.7 Å². The summed E-state index contributed by atoms with van der Waals surface area (Å²) >= 11 is 0. The molecule has 1 amide bonds. The predicted molar refractivity (Wildman–Crippen MR) is 151 cm³/mol. The largest absolute Gasteiger partial charge is 0.447 e. The molecule has 6 nitrogen and oxygen atoms in total. The van der Waals surface area contributed by atoms with E-state index in [0.717, 1.165) is 31.6 Å². The first-order valence-corrected chi connectivity index (χ1v) is 15.3. The lowest BCUT2D eigenvalue weighted by Gasteiger charge is -2.11. The molecule has 0 radical (unpaired) electrons. The van der Waals surface area contributed by atoms with E-state index < -0.39 is 6.09 Å². The Morgan fingerprint density at radius 1 is 0.919 bits per heavy atom. The molecular weight excluding hydrogens is 464 g/mol. The first-order chi connectivity index (χ1) is 18.3. The van der Waals surface area contributed by atoms with Gasteiger partial charge in [0.05, 0.1) is 19.3 Å². The molecular formula is C31H54N2O4. The number of amides is 1. The highest BCUT2D eigenvalue weighted by atomic mass is 16.6. The Kier molecular flexibility index (Phi) is 19.0. The number of unbranched alkanes of at least 4 members (excludes halogenated alkanes) is 15. The van der Waals surface area contributed by atoms with Crippen molar-refractivity contribution in [2.75, 3.05) is 26.4 Å². The minimum absolute atomic E-state index is 0.0340. The summed E-state index contributed by atoms with van der Waals surface area (Å²) in [5.74, 6) is 0.396. The number of alkyl carbamates (subject to hydrolysis) is 1. The second-order valence-electron chi connectivity index (χ2n) is 10.7. The van der Waals surface area contributed by atoms with Crippen molar-refractivity contribution in [3.8, 4) is 0 Å². The third-order valence-corrected chi connectivity index (χ3v) is 7.22. The molecule has 1 aromatic heterocycles. The molecule has 1 saturated heterocycles. The summed E-state index contributed by atoms with van der Waals surface area (Å²) in [6.45, 7) is 5.25. The maximum Gasteiger partial charge on any atom is 0.407 e. The standard InChI is InChI=1S/C31H54N2O4/c1-2-3-4-5-6-7-8-9-10-11-12-13-14-15-16-17-21-35-25-29-22-30(36-26-29)27-37-31(34)33-24-28-19-18-20-32-23-28/h18-20,23,29-30H,2-17,21-22,24-27H2,1H3,(H,33,34)/t29-,30-/m1/s1. The lowest BCUT2D eigenvalue weighted by molar-refractivity contribution is 0.0391. The van der Waals surface area contributed by atoms with Crippen LogP contribution in [0.1, 0.15) is 122 Å². The van der Waals surface area contributed by atoms with Gasteiger partial charge in [0.1, 0.15) is 6.61 Å². The molecule has 0 unspecified atom stereocenters. The van der Waals surface area contributed by atoms with Crippen molar-refractivity contribution in [3.63, 3.8) is 0 Å². The Hall–Kier alpha value is -1.66. The highest BCUT2D eigenvalue weighted by Crippen LogP contribution is 2.20. The van der Waals surface area contributed by atoms with Crippen LogP contribution in [0.3, 0.4) is 0 Å². The van der Waals surface area contributed by atoms with Gasteiger partial charge in [-0.2, -0.15) is 0 Å². The van der Waals surface area contributed by atoms with E-state index in [1.807, 2.05) is 12.1 Å². The maximum atomic E-state index is 11.9. The number of hydrogen-bond donors (Lipinski definition) is 1. The van der Waals surface area contributed by atoms with E-state index >= 15 is 0 Å². The number of carbonyl (C=O) groups is 1. The Bertz CT molecular complexity index is 658. The van der Waals surface area contributed by atoms with Crippen molar-refractivity contribution in [2.45, 2.75) is 129 Å². The molecule has 37 heavy (non-hydrogen) atoms. The van der Waals surface area contributed by atoms with E-state index in [2.05, 4.69) is 17.2 Å². The Morgan fingerprint density at radius 2 is 1.54 bits per heavy atom. The van der Waals surface area contributed by atoms with E-state index in [0.29, 0.717) is 19.1 Å². The van der Waals surface area contributed by atoms with Crippen LogP contribution in [0.5, 0.6) is 0 Å². The molecule has 2 rings (SSSR count). The number of nitrogens with one attached hydrogen (secondary N) is 1. The first-order valence-electron chi connectivity index (χ1n) is 15.3. The first kappa shape index (κ1) is 31.6. The summed E-state index contributed by atoms with van der Waals surface area (Å²) in [5, 5.41) is 2.74. The molecule has 2 heterocycles. The van der Waals surface area contributed by atoms with E-state index in [9.17, 15) is 4.79 Å². The fourth-order valence-electron chi connectivity index (χ4n) is 4.91. The van der Waals surface area contributed by atoms with Crippen LogP contribution in [0.15, 0.2) is 24.5 Å². The number of pyridine rings is 1. The van der Waals surface area contributed by atoms with Crippen LogP contribution in [-0.4, -0.2) is 43.6 Å². The average Bonchev–Trinajstić information content (AvgIpc) is 3.38. The van der Waals surface area contributed by atoms with Crippen molar-refractivity contribution in [1.29, 1.82) is 0 Å². The fraction of sp³-hybridized carbons (Fsp3) is 0.806. The number of rotatable bonds is 23. The summed E-state index contributed by atoms with van der Waals surface area (Å²) in [4.78, 5) is 15.9. The smallest absolute Gasteiger partial charge is 0.407 e. The van der Waals surface area contributed by atoms with Crippen LogP contribution in [0, 0.1) is 5.92 Å². The van der Waals surface area contributed by atoms with E-state index in [-0.39, 0.29) is 12.7 Å². The average molecular weight is 519 g/mol. The second kappa shape index (κ2) is 22.3. The third kappa shape index (κ3) is 17.5. The number of aromatic nitrogens is 1. The molecule has 0 aliphatic carbocycles. The SMILES string of the molecule is CCCCCCCCCCCCCCCCCCOC[C@@H]1CO[C@@H](COC(=O)NCc2cccnc2)C1. The highest BCUT2D eigenvalue weighted by Gasteiger charge is 2.26. The zero-order chi connectivity index (χ0) is 26.2. The number of nitrogens with zero attached hydrogens (tertiary/aromatic N) is 1. The molecule has 6 heteroatoms. The summed E-state index contributed by atoms with van der Waals surface area (Å²) in [6, 6.07) is 3.76. The molecule has 1 N–H and O–H groups in total. The molecule has 2 atom stereocenters. The molecule has 0 saturated carbocycles. The van der Waals surface area contributed by atoms with Gasteiger partial charge in [0.15, 0.2) is 0 Å². The number of hydrogen-bond acceptors (Lipinski definition) is 5. The van der Waals surface area contributed by atoms with Crippen LogP contribution < -0.4 is 5.32 Å². The lowest BCUT2D eigenvalue weighted by atomic mass is 10.0. The molecule has 0 bridgehead atoms. The van der Waals surface area contributed by atoms with Crippen molar-refractivity contribution in [3.05, 3.63) is 30.1 Å². The monoisotopic (exact) mass is 518 g/mol. The Morgan fingerprint density at radius 3 is 2.14 bits per heavy atom. The zero-order valence-corrected chi connectivity index (χ0v) is 23.6. The summed E-state index contributed by atoms with van der Waals surface area (Å²) in [5.41, 5.74) is 0.943. The van der Waals surface area contributed by atoms with Crippen LogP contribution in [-0.2, 0) is 20.8 Å². The minimum atomic E-state index is -0.421. The second-order valence-corrected chi connectivity index (χ2v) is 10.7. The predicted octanol–water partition coefficient (Wildman–Crippen LogP) is 7.99. The summed E-state index contributed by atoms with van der Waals surface area (Å²) in [7, 11) is 0. The minimum Gasteiger partial charge on any atom is -0.447 e. The normalized spacial score (nSPS) is 17.2. The zero-order valence-electron chi connectivity index (χ0n) is 23.6. The van der Waals surface area contributed by atoms with Gasteiger partial charge in [-0.05, 0) is 24.5 Å². The molecule has 1 aromatic rings. The van der Waals surface area contributed by atoms with E-state index in [1.54, 1.807) is 12.4 Å². The van der Waals surface area contributed by atoms with Crippen LogP contribution in [0.25, 0.3) is 0 Å². The van der Waals surface area contributed by atoms with Gasteiger partial charge >= 0.3 is 6.09 Å². The van der Waals surface area contributed by atoms with Gasteiger partial charge in [0, 0.05) is 31.5 Å². The highest BCUT2D eigenvalue weighted by molar-refractivity contribution is 5.67. The van der Waals surface area contributed by atoms with Crippen LogP contribution >= 0.6 is 0 Å². The quantitative estimate of drug-likeness (QED) is 0.149. The molecule has 1 fully saturated rings. The Balaban J connectivity index is 1.29. The third-order valence-electron chi connectivity index (χ3n) is 7.22. The van der Waals surface area contributed by atoms with Gasteiger partial charge in [-0.25, -0.2) is 4.79 Å². The van der Waals surface area contributed by atoms with Crippen LogP contribution in [0.4, 0.5) is 4.79 Å². The lowest BCUT2D eigenvalue weighted by Crippen LogP contribution is -2.27. The molecule has 212 valence electrons. The fourth-order valence-corrected chi connectivity index (χ4v) is 4.91. The molecule has 1 aliphatic rings.